The van der Waals surface area contributed by atoms with Crippen LogP contribution in [-0.4, -0.2) is 43.0 Å². The maximum absolute atomic E-state index is 13.2. The average molecular weight is 463 g/mol. The molecule has 1 fully saturated rings. The third-order valence-corrected chi connectivity index (χ3v) is 5.28. The van der Waals surface area contributed by atoms with E-state index in [1.54, 1.807) is 35.2 Å². The summed E-state index contributed by atoms with van der Waals surface area (Å²) in [5.74, 6) is 0.669. The summed E-state index contributed by atoms with van der Waals surface area (Å²) in [5, 5.41) is 3.30. The van der Waals surface area contributed by atoms with Crippen LogP contribution in [0.15, 0.2) is 84.6 Å². The van der Waals surface area contributed by atoms with Crippen LogP contribution in [0.5, 0.6) is 11.5 Å². The summed E-state index contributed by atoms with van der Waals surface area (Å²) in [4.78, 5) is 27.7. The maximum atomic E-state index is 13.2. The molecule has 6 nitrogen and oxygen atoms in total. The van der Waals surface area contributed by atoms with Gasteiger partial charge in [0.1, 0.15) is 17.2 Å². The van der Waals surface area contributed by atoms with Gasteiger partial charge in [-0.3, -0.25) is 9.59 Å². The highest BCUT2D eigenvalue weighted by molar-refractivity contribution is 6.30. The van der Waals surface area contributed by atoms with Crippen molar-refractivity contribution >= 4 is 29.5 Å². The van der Waals surface area contributed by atoms with E-state index in [0.29, 0.717) is 48.4 Å². The summed E-state index contributed by atoms with van der Waals surface area (Å²) in [5.41, 5.74) is 1.30. The number of morpholine rings is 1. The standard InChI is InChI=1S/C26H23ClN2O4/c27-21-11-9-20(10-12-21)25(30)28-24(26(31)29-13-15-32-16-14-29)18-19-5-4-8-23(17-19)33-22-6-2-1-3-7-22/h1-12,17-18H,13-16H2,(H,28,30). The molecule has 0 aromatic heterocycles. The molecule has 1 heterocycles. The molecule has 0 atom stereocenters. The molecule has 0 aliphatic carbocycles. The minimum Gasteiger partial charge on any atom is -0.457 e. The molecule has 2 amide bonds. The molecule has 0 bridgehead atoms. The topological polar surface area (TPSA) is 67.9 Å². The Morgan fingerprint density at radius 1 is 0.909 bits per heavy atom. The number of carbonyl (C=O) groups is 2. The van der Waals surface area contributed by atoms with Gasteiger partial charge in [0.05, 0.1) is 13.2 Å². The number of carbonyl (C=O) groups excluding carboxylic acids is 2. The van der Waals surface area contributed by atoms with E-state index in [1.807, 2.05) is 54.6 Å². The lowest BCUT2D eigenvalue weighted by Crippen LogP contribution is -2.44. The van der Waals surface area contributed by atoms with Crippen molar-refractivity contribution in [1.82, 2.24) is 10.2 Å². The summed E-state index contributed by atoms with van der Waals surface area (Å²) in [6, 6.07) is 23.3. The molecule has 168 valence electrons. The molecular formula is C26H23ClN2O4. The average Bonchev–Trinajstić information content (AvgIpc) is 2.85. The lowest BCUT2D eigenvalue weighted by Gasteiger charge is -2.27. The zero-order valence-electron chi connectivity index (χ0n) is 17.9. The second kappa shape index (κ2) is 10.8. The highest BCUT2D eigenvalue weighted by Gasteiger charge is 2.22. The Hall–Kier alpha value is -3.61. The monoisotopic (exact) mass is 462 g/mol. The van der Waals surface area contributed by atoms with E-state index in [9.17, 15) is 9.59 Å². The van der Waals surface area contributed by atoms with Crippen LogP contribution in [0.3, 0.4) is 0 Å². The van der Waals surface area contributed by atoms with E-state index in [2.05, 4.69) is 5.32 Å². The summed E-state index contributed by atoms with van der Waals surface area (Å²) < 4.78 is 11.3. The van der Waals surface area contributed by atoms with E-state index in [-0.39, 0.29) is 11.6 Å². The smallest absolute Gasteiger partial charge is 0.270 e. The number of halogens is 1. The number of hydrogen-bond donors (Lipinski definition) is 1. The first kappa shape index (κ1) is 22.6. The predicted molar refractivity (Wildman–Crippen MR) is 127 cm³/mol. The summed E-state index contributed by atoms with van der Waals surface area (Å²) in [7, 11) is 0. The minimum atomic E-state index is -0.392. The molecule has 7 heteroatoms. The number of para-hydroxylation sites is 1. The number of ether oxygens (including phenoxy) is 2. The van der Waals surface area contributed by atoms with Gasteiger partial charge in [-0.1, -0.05) is 41.9 Å². The van der Waals surface area contributed by atoms with Gasteiger partial charge in [-0.2, -0.15) is 0 Å². The van der Waals surface area contributed by atoms with Crippen molar-refractivity contribution in [2.75, 3.05) is 26.3 Å². The summed E-state index contributed by atoms with van der Waals surface area (Å²) in [6.45, 7) is 1.85. The van der Waals surface area contributed by atoms with Gasteiger partial charge in [0.15, 0.2) is 0 Å². The molecule has 1 aliphatic heterocycles. The van der Waals surface area contributed by atoms with Crippen LogP contribution in [0.25, 0.3) is 6.08 Å². The number of nitrogens with one attached hydrogen (secondary N) is 1. The van der Waals surface area contributed by atoms with Gasteiger partial charge < -0.3 is 19.7 Å². The fourth-order valence-electron chi connectivity index (χ4n) is 3.34. The summed E-state index contributed by atoms with van der Waals surface area (Å²) >= 11 is 5.93. The number of amides is 2. The molecule has 3 aromatic rings. The molecule has 0 saturated carbocycles. The van der Waals surface area contributed by atoms with E-state index >= 15 is 0 Å². The molecule has 0 spiro atoms. The molecule has 4 rings (SSSR count). The van der Waals surface area contributed by atoms with Crippen molar-refractivity contribution in [3.05, 3.63) is 101 Å². The van der Waals surface area contributed by atoms with Crippen LogP contribution < -0.4 is 10.1 Å². The van der Waals surface area contributed by atoms with Crippen LogP contribution in [0.2, 0.25) is 5.02 Å². The van der Waals surface area contributed by atoms with Gasteiger partial charge in [0, 0.05) is 23.7 Å². The maximum Gasteiger partial charge on any atom is 0.270 e. The van der Waals surface area contributed by atoms with E-state index in [1.165, 1.54) is 0 Å². The second-order valence-electron chi connectivity index (χ2n) is 7.41. The van der Waals surface area contributed by atoms with E-state index in [4.69, 9.17) is 21.1 Å². The first-order valence-electron chi connectivity index (χ1n) is 10.6. The molecule has 1 aliphatic rings. The predicted octanol–water partition coefficient (Wildman–Crippen LogP) is 4.76. The van der Waals surface area contributed by atoms with Crippen LogP contribution in [0.1, 0.15) is 15.9 Å². The largest absolute Gasteiger partial charge is 0.457 e. The molecule has 3 aromatic carbocycles. The van der Waals surface area contributed by atoms with Gasteiger partial charge in [-0.05, 0) is 60.2 Å². The Labute approximate surface area is 197 Å². The summed E-state index contributed by atoms with van der Waals surface area (Å²) in [6.07, 6.45) is 1.66. The molecular weight excluding hydrogens is 440 g/mol. The zero-order chi connectivity index (χ0) is 23.0. The van der Waals surface area contributed by atoms with E-state index < -0.39 is 5.91 Å². The van der Waals surface area contributed by atoms with Gasteiger partial charge in [0.2, 0.25) is 0 Å². The third kappa shape index (κ3) is 6.22. The highest BCUT2D eigenvalue weighted by atomic mass is 35.5. The van der Waals surface area contributed by atoms with Crippen molar-refractivity contribution < 1.29 is 19.1 Å². The first-order valence-corrected chi connectivity index (χ1v) is 10.9. The Morgan fingerprint density at radius 3 is 2.33 bits per heavy atom. The number of nitrogens with zero attached hydrogens (tertiary/aromatic N) is 1. The lowest BCUT2D eigenvalue weighted by molar-refractivity contribution is -0.131. The lowest BCUT2D eigenvalue weighted by atomic mass is 10.1. The minimum absolute atomic E-state index is 0.175. The van der Waals surface area contributed by atoms with Crippen LogP contribution in [0, 0.1) is 0 Å². The van der Waals surface area contributed by atoms with Crippen molar-refractivity contribution in [3.8, 4) is 11.5 Å². The van der Waals surface area contributed by atoms with Gasteiger partial charge in [-0.25, -0.2) is 0 Å². The van der Waals surface area contributed by atoms with Crippen LogP contribution >= 0.6 is 11.6 Å². The fourth-order valence-corrected chi connectivity index (χ4v) is 3.47. The fraction of sp³-hybridized carbons (Fsp3) is 0.154. The quantitative estimate of drug-likeness (QED) is 0.536. The first-order chi connectivity index (χ1) is 16.1. The van der Waals surface area contributed by atoms with Gasteiger partial charge in [-0.15, -0.1) is 0 Å². The van der Waals surface area contributed by atoms with Crippen molar-refractivity contribution in [2.24, 2.45) is 0 Å². The Balaban J connectivity index is 1.60. The second-order valence-corrected chi connectivity index (χ2v) is 7.85. The van der Waals surface area contributed by atoms with Crippen LogP contribution in [0.4, 0.5) is 0 Å². The SMILES string of the molecule is O=C(NC(=Cc1cccc(Oc2ccccc2)c1)C(=O)N1CCOCC1)c1ccc(Cl)cc1. The van der Waals surface area contributed by atoms with Crippen LogP contribution in [-0.2, 0) is 9.53 Å². The zero-order valence-corrected chi connectivity index (χ0v) is 18.6. The molecule has 0 unspecified atom stereocenters. The van der Waals surface area contributed by atoms with Crippen molar-refractivity contribution in [3.63, 3.8) is 0 Å². The third-order valence-electron chi connectivity index (χ3n) is 5.03. The normalized spacial score (nSPS) is 14.0. The molecule has 1 saturated heterocycles. The number of rotatable bonds is 6. The van der Waals surface area contributed by atoms with Crippen molar-refractivity contribution in [1.29, 1.82) is 0 Å². The highest BCUT2D eigenvalue weighted by Crippen LogP contribution is 2.23. The Kier molecular flexibility index (Phi) is 7.40. The molecule has 33 heavy (non-hydrogen) atoms. The van der Waals surface area contributed by atoms with Crippen molar-refractivity contribution in [2.45, 2.75) is 0 Å². The molecule has 1 N–H and O–H groups in total. The van der Waals surface area contributed by atoms with Gasteiger partial charge >= 0.3 is 0 Å². The van der Waals surface area contributed by atoms with E-state index in [0.717, 1.165) is 5.56 Å². The number of hydrogen-bond acceptors (Lipinski definition) is 4. The number of benzene rings is 3. The molecule has 0 radical (unpaired) electrons. The Morgan fingerprint density at radius 2 is 1.61 bits per heavy atom. The van der Waals surface area contributed by atoms with Gasteiger partial charge in [0.25, 0.3) is 11.8 Å². The Bertz CT molecular complexity index is 1140.